The molecule has 5 heteroatoms. The van der Waals surface area contributed by atoms with Crippen LogP contribution in [0.1, 0.15) is 44.9 Å². The summed E-state index contributed by atoms with van der Waals surface area (Å²) in [6.07, 6.45) is 0. The van der Waals surface area contributed by atoms with Gasteiger partial charge in [-0.2, -0.15) is 0 Å². The number of rotatable bonds is 5. The van der Waals surface area contributed by atoms with E-state index in [-0.39, 0.29) is 18.4 Å². The van der Waals surface area contributed by atoms with Crippen molar-refractivity contribution in [3.8, 4) is 5.75 Å². The van der Waals surface area contributed by atoms with Crippen LogP contribution >= 0.6 is 0 Å². The Labute approximate surface area is 122 Å². The third kappa shape index (κ3) is 4.21. The molecule has 0 fully saturated rings. The van der Waals surface area contributed by atoms with E-state index >= 15 is 0 Å². The zero-order valence-corrected chi connectivity index (χ0v) is 13.8. The van der Waals surface area contributed by atoms with E-state index in [0.717, 1.165) is 11.1 Å². The maximum absolute atomic E-state index is 12.0. The molecule has 0 aromatic heterocycles. The van der Waals surface area contributed by atoms with Gasteiger partial charge < -0.3 is 10.5 Å². The molecular formula is C15H25NO3S. The van der Waals surface area contributed by atoms with Crippen LogP contribution in [0.3, 0.4) is 0 Å². The van der Waals surface area contributed by atoms with Gasteiger partial charge in [0.1, 0.15) is 12.4 Å². The van der Waals surface area contributed by atoms with Crippen LogP contribution in [-0.2, 0) is 9.84 Å². The molecule has 1 atom stereocenters. The second-order valence-electron chi connectivity index (χ2n) is 6.11. The molecule has 0 aliphatic carbocycles. The Kier molecular flexibility index (Phi) is 5.21. The van der Waals surface area contributed by atoms with Crippen molar-refractivity contribution in [1.29, 1.82) is 0 Å². The van der Waals surface area contributed by atoms with Gasteiger partial charge in [-0.1, -0.05) is 12.1 Å². The predicted molar refractivity (Wildman–Crippen MR) is 82.8 cm³/mol. The van der Waals surface area contributed by atoms with Crippen LogP contribution in [0.5, 0.6) is 5.75 Å². The maximum atomic E-state index is 12.0. The van der Waals surface area contributed by atoms with Crippen molar-refractivity contribution < 1.29 is 13.2 Å². The minimum atomic E-state index is -3.17. The monoisotopic (exact) mass is 299 g/mol. The zero-order valence-electron chi connectivity index (χ0n) is 12.9. The van der Waals surface area contributed by atoms with Gasteiger partial charge in [0.25, 0.3) is 0 Å². The molecule has 1 aromatic rings. The number of sulfone groups is 1. The third-order valence-corrected chi connectivity index (χ3v) is 5.77. The fourth-order valence-electron chi connectivity index (χ4n) is 1.71. The summed E-state index contributed by atoms with van der Waals surface area (Å²) in [4.78, 5) is 0. The highest BCUT2D eigenvalue weighted by Gasteiger charge is 2.28. The topological polar surface area (TPSA) is 69.4 Å². The van der Waals surface area contributed by atoms with E-state index in [1.807, 2.05) is 32.0 Å². The largest absolute Gasteiger partial charge is 0.492 e. The molecule has 0 unspecified atom stereocenters. The van der Waals surface area contributed by atoms with Gasteiger partial charge in [-0.05, 0) is 46.2 Å². The molecule has 0 radical (unpaired) electrons. The molecule has 0 spiro atoms. The lowest BCUT2D eigenvalue weighted by Crippen LogP contribution is -2.32. The van der Waals surface area contributed by atoms with Crippen molar-refractivity contribution >= 4 is 9.84 Å². The SMILES string of the molecule is Cc1ccc([C@@H](C)N)c(OCCS(=O)(=O)C(C)(C)C)c1. The molecule has 0 saturated heterocycles. The van der Waals surface area contributed by atoms with Crippen molar-refractivity contribution in [2.45, 2.75) is 45.4 Å². The molecule has 0 saturated carbocycles. The van der Waals surface area contributed by atoms with Gasteiger partial charge >= 0.3 is 0 Å². The summed E-state index contributed by atoms with van der Waals surface area (Å²) in [5.41, 5.74) is 7.84. The van der Waals surface area contributed by atoms with Crippen molar-refractivity contribution in [2.24, 2.45) is 5.73 Å². The summed E-state index contributed by atoms with van der Waals surface area (Å²) in [5.74, 6) is 0.673. The molecule has 0 bridgehead atoms. The van der Waals surface area contributed by atoms with E-state index in [2.05, 4.69) is 0 Å². The van der Waals surface area contributed by atoms with Crippen molar-refractivity contribution in [3.63, 3.8) is 0 Å². The Balaban J connectivity index is 2.79. The van der Waals surface area contributed by atoms with E-state index < -0.39 is 14.6 Å². The lowest BCUT2D eigenvalue weighted by Gasteiger charge is -2.20. The van der Waals surface area contributed by atoms with Gasteiger partial charge in [0.15, 0.2) is 9.84 Å². The second kappa shape index (κ2) is 6.14. The number of nitrogens with two attached hydrogens (primary N) is 1. The van der Waals surface area contributed by atoms with Crippen molar-refractivity contribution in [1.82, 2.24) is 0 Å². The molecule has 4 nitrogen and oxygen atoms in total. The fraction of sp³-hybridized carbons (Fsp3) is 0.600. The van der Waals surface area contributed by atoms with Gasteiger partial charge in [0.05, 0.1) is 10.5 Å². The first-order chi connectivity index (χ1) is 9.04. The Bertz CT molecular complexity index is 557. The van der Waals surface area contributed by atoms with Gasteiger partial charge in [-0.15, -0.1) is 0 Å². The average molecular weight is 299 g/mol. The standard InChI is InChI=1S/C15H25NO3S/c1-11-6-7-13(12(2)16)14(10-11)19-8-9-20(17,18)15(3,4)5/h6-7,10,12H,8-9,16H2,1-5H3/t12-/m1/s1. The van der Waals surface area contributed by atoms with Crippen LogP contribution < -0.4 is 10.5 Å². The summed E-state index contributed by atoms with van der Waals surface area (Å²) in [7, 11) is -3.17. The maximum Gasteiger partial charge on any atom is 0.158 e. The molecule has 114 valence electrons. The molecule has 20 heavy (non-hydrogen) atoms. The van der Waals surface area contributed by atoms with E-state index in [4.69, 9.17) is 10.5 Å². The number of hydrogen-bond donors (Lipinski definition) is 1. The van der Waals surface area contributed by atoms with E-state index in [1.54, 1.807) is 20.8 Å². The van der Waals surface area contributed by atoms with Crippen molar-refractivity contribution in [3.05, 3.63) is 29.3 Å². The molecule has 0 aliphatic rings. The quantitative estimate of drug-likeness (QED) is 0.907. The Morgan fingerprint density at radius 3 is 2.40 bits per heavy atom. The lowest BCUT2D eigenvalue weighted by molar-refractivity contribution is 0.334. The summed E-state index contributed by atoms with van der Waals surface area (Å²) in [6.45, 7) is 9.07. The minimum absolute atomic E-state index is 0.00281. The highest BCUT2D eigenvalue weighted by atomic mass is 32.2. The highest BCUT2D eigenvalue weighted by Crippen LogP contribution is 2.25. The number of hydrogen-bond acceptors (Lipinski definition) is 4. The average Bonchev–Trinajstić information content (AvgIpc) is 2.26. The summed E-state index contributed by atoms with van der Waals surface area (Å²) >= 11 is 0. The fourth-order valence-corrected chi connectivity index (χ4v) is 2.63. The normalized spacial score (nSPS) is 14.1. The summed E-state index contributed by atoms with van der Waals surface area (Å²) in [6, 6.07) is 5.64. The predicted octanol–water partition coefficient (Wildman–Crippen LogP) is 2.61. The Hall–Kier alpha value is -1.07. The van der Waals surface area contributed by atoms with Gasteiger partial charge in [-0.25, -0.2) is 8.42 Å². The number of benzene rings is 1. The van der Waals surface area contributed by atoms with Crippen LogP contribution in [-0.4, -0.2) is 25.5 Å². The Morgan fingerprint density at radius 1 is 1.30 bits per heavy atom. The van der Waals surface area contributed by atoms with Crippen LogP contribution in [0.25, 0.3) is 0 Å². The second-order valence-corrected chi connectivity index (χ2v) is 8.97. The lowest BCUT2D eigenvalue weighted by atomic mass is 10.1. The summed E-state index contributed by atoms with van der Waals surface area (Å²) in [5, 5.41) is 0. The molecule has 0 heterocycles. The van der Waals surface area contributed by atoms with Gasteiger partial charge in [0, 0.05) is 11.6 Å². The number of ether oxygens (including phenoxy) is 1. The van der Waals surface area contributed by atoms with Gasteiger partial charge in [0.2, 0.25) is 0 Å². The van der Waals surface area contributed by atoms with Crippen molar-refractivity contribution in [2.75, 3.05) is 12.4 Å². The van der Waals surface area contributed by atoms with Crippen LogP contribution in [0.2, 0.25) is 0 Å². The van der Waals surface area contributed by atoms with Crippen LogP contribution in [0.4, 0.5) is 0 Å². The third-order valence-electron chi connectivity index (χ3n) is 3.20. The van der Waals surface area contributed by atoms with E-state index in [0.29, 0.717) is 5.75 Å². The van der Waals surface area contributed by atoms with Crippen LogP contribution in [0.15, 0.2) is 18.2 Å². The smallest absolute Gasteiger partial charge is 0.158 e. The molecular weight excluding hydrogens is 274 g/mol. The zero-order chi connectivity index (χ0) is 15.6. The highest BCUT2D eigenvalue weighted by molar-refractivity contribution is 7.92. The molecule has 0 amide bonds. The van der Waals surface area contributed by atoms with Gasteiger partial charge in [-0.3, -0.25) is 0 Å². The summed E-state index contributed by atoms with van der Waals surface area (Å²) < 4.78 is 28.9. The minimum Gasteiger partial charge on any atom is -0.492 e. The van der Waals surface area contributed by atoms with Crippen LogP contribution in [0, 0.1) is 6.92 Å². The number of aryl methyl sites for hydroxylation is 1. The Morgan fingerprint density at radius 2 is 1.90 bits per heavy atom. The molecule has 0 aliphatic heterocycles. The first kappa shape index (κ1) is 17.0. The van der Waals surface area contributed by atoms with E-state index in [1.165, 1.54) is 0 Å². The first-order valence-electron chi connectivity index (χ1n) is 6.76. The molecule has 2 N–H and O–H groups in total. The molecule has 1 aromatic carbocycles. The van der Waals surface area contributed by atoms with E-state index in [9.17, 15) is 8.42 Å². The molecule has 1 rings (SSSR count). The first-order valence-corrected chi connectivity index (χ1v) is 8.41.